The standard InChI is InChI=1S/C26H23FN2O3S/c1-33(31,32)23-15-11-20(12-16-23)24-18-28-29(17-5-8-19-6-3-2-4-7-19)26(30)25(24)21-9-13-22(27)14-10-21/h2-4,6-7,9-16,18H,5,8,17H2,1H3. The third-order valence-electron chi connectivity index (χ3n) is 5.45. The molecule has 0 aliphatic rings. The second-order valence-corrected chi connectivity index (χ2v) is 9.87. The summed E-state index contributed by atoms with van der Waals surface area (Å²) in [5.74, 6) is -0.393. The number of benzene rings is 3. The smallest absolute Gasteiger partial charge is 0.267 e. The van der Waals surface area contributed by atoms with Crippen molar-refractivity contribution in [2.75, 3.05) is 6.26 Å². The molecule has 0 atom stereocenters. The van der Waals surface area contributed by atoms with E-state index in [1.54, 1.807) is 30.5 Å². The molecular formula is C26H23FN2O3S. The Morgan fingerprint density at radius 3 is 2.15 bits per heavy atom. The Morgan fingerprint density at radius 1 is 0.879 bits per heavy atom. The Labute approximate surface area is 192 Å². The van der Waals surface area contributed by atoms with Crippen molar-refractivity contribution in [1.29, 1.82) is 0 Å². The lowest BCUT2D eigenvalue weighted by Crippen LogP contribution is -2.25. The molecule has 0 aliphatic carbocycles. The fourth-order valence-corrected chi connectivity index (χ4v) is 4.35. The summed E-state index contributed by atoms with van der Waals surface area (Å²) in [6, 6.07) is 22.1. The zero-order valence-electron chi connectivity index (χ0n) is 18.1. The van der Waals surface area contributed by atoms with Crippen LogP contribution in [0.1, 0.15) is 12.0 Å². The van der Waals surface area contributed by atoms with Crippen LogP contribution in [-0.2, 0) is 22.8 Å². The summed E-state index contributed by atoms with van der Waals surface area (Å²) in [6.45, 7) is 0.440. The molecular weight excluding hydrogens is 439 g/mol. The number of aryl methyl sites for hydroxylation is 2. The second kappa shape index (κ2) is 9.50. The molecule has 0 radical (unpaired) electrons. The first-order valence-electron chi connectivity index (χ1n) is 10.5. The molecule has 3 aromatic carbocycles. The van der Waals surface area contributed by atoms with Gasteiger partial charge in [0.2, 0.25) is 0 Å². The molecule has 0 fully saturated rings. The van der Waals surface area contributed by atoms with Gasteiger partial charge in [-0.25, -0.2) is 17.5 Å². The summed E-state index contributed by atoms with van der Waals surface area (Å²) in [4.78, 5) is 13.6. The fraction of sp³-hybridized carbons (Fsp3) is 0.154. The quantitative estimate of drug-likeness (QED) is 0.397. The third kappa shape index (κ3) is 5.26. The molecule has 0 aliphatic heterocycles. The SMILES string of the molecule is CS(=O)(=O)c1ccc(-c2cnn(CCCc3ccccc3)c(=O)c2-c2ccc(F)cc2)cc1. The molecule has 7 heteroatoms. The summed E-state index contributed by atoms with van der Waals surface area (Å²) in [5, 5.41) is 4.37. The van der Waals surface area contributed by atoms with Crippen molar-refractivity contribution in [1.82, 2.24) is 9.78 Å². The van der Waals surface area contributed by atoms with Gasteiger partial charge in [-0.05, 0) is 53.8 Å². The Kier molecular flexibility index (Phi) is 6.51. The third-order valence-corrected chi connectivity index (χ3v) is 6.58. The maximum atomic E-state index is 13.5. The van der Waals surface area contributed by atoms with Crippen LogP contribution < -0.4 is 5.56 Å². The highest BCUT2D eigenvalue weighted by Gasteiger charge is 2.16. The van der Waals surface area contributed by atoms with Crippen LogP contribution in [0.2, 0.25) is 0 Å². The van der Waals surface area contributed by atoms with Crippen molar-refractivity contribution in [3.05, 3.63) is 107 Å². The molecule has 0 N–H and O–H groups in total. The highest BCUT2D eigenvalue weighted by molar-refractivity contribution is 7.90. The van der Waals surface area contributed by atoms with E-state index in [1.165, 1.54) is 34.5 Å². The van der Waals surface area contributed by atoms with E-state index in [-0.39, 0.29) is 10.5 Å². The minimum atomic E-state index is -3.34. The maximum absolute atomic E-state index is 13.5. The van der Waals surface area contributed by atoms with Crippen molar-refractivity contribution < 1.29 is 12.8 Å². The number of halogens is 1. The van der Waals surface area contributed by atoms with Gasteiger partial charge < -0.3 is 0 Å². The highest BCUT2D eigenvalue weighted by atomic mass is 32.2. The van der Waals surface area contributed by atoms with E-state index < -0.39 is 15.7 Å². The van der Waals surface area contributed by atoms with Gasteiger partial charge in [0.25, 0.3) is 5.56 Å². The normalized spacial score (nSPS) is 11.5. The molecule has 1 heterocycles. The van der Waals surface area contributed by atoms with Crippen molar-refractivity contribution in [3.63, 3.8) is 0 Å². The number of hydrogen-bond donors (Lipinski definition) is 0. The van der Waals surface area contributed by atoms with E-state index in [4.69, 9.17) is 0 Å². The predicted molar refractivity (Wildman–Crippen MR) is 127 cm³/mol. The molecule has 5 nitrogen and oxygen atoms in total. The molecule has 33 heavy (non-hydrogen) atoms. The lowest BCUT2D eigenvalue weighted by atomic mass is 9.97. The van der Waals surface area contributed by atoms with Crippen LogP contribution in [0, 0.1) is 5.82 Å². The molecule has 0 spiro atoms. The molecule has 4 rings (SSSR count). The highest BCUT2D eigenvalue weighted by Crippen LogP contribution is 2.29. The van der Waals surface area contributed by atoms with E-state index in [2.05, 4.69) is 5.10 Å². The first kappa shape index (κ1) is 22.6. The van der Waals surface area contributed by atoms with Crippen LogP contribution in [0.3, 0.4) is 0 Å². The van der Waals surface area contributed by atoms with Crippen LogP contribution >= 0.6 is 0 Å². The van der Waals surface area contributed by atoms with Crippen molar-refractivity contribution in [2.45, 2.75) is 24.3 Å². The molecule has 0 saturated carbocycles. The predicted octanol–water partition coefficient (Wildman–Crippen LogP) is 4.75. The van der Waals surface area contributed by atoms with Crippen LogP contribution in [0.4, 0.5) is 4.39 Å². The van der Waals surface area contributed by atoms with Crippen molar-refractivity contribution in [2.24, 2.45) is 0 Å². The number of aromatic nitrogens is 2. The first-order valence-corrected chi connectivity index (χ1v) is 12.4. The van der Waals surface area contributed by atoms with E-state index in [0.29, 0.717) is 28.8 Å². The van der Waals surface area contributed by atoms with Gasteiger partial charge in [-0.3, -0.25) is 4.79 Å². The summed E-state index contributed by atoms with van der Waals surface area (Å²) in [5.41, 5.74) is 3.10. The Morgan fingerprint density at radius 2 is 1.52 bits per heavy atom. The van der Waals surface area contributed by atoms with Gasteiger partial charge in [-0.15, -0.1) is 0 Å². The van der Waals surface area contributed by atoms with Gasteiger partial charge in [0.05, 0.1) is 16.7 Å². The molecule has 4 aromatic rings. The van der Waals surface area contributed by atoms with Crippen molar-refractivity contribution in [3.8, 4) is 22.3 Å². The fourth-order valence-electron chi connectivity index (χ4n) is 3.72. The van der Waals surface area contributed by atoms with Gasteiger partial charge in [0.15, 0.2) is 9.84 Å². The van der Waals surface area contributed by atoms with E-state index in [0.717, 1.165) is 19.1 Å². The van der Waals surface area contributed by atoms with Crippen LogP contribution in [0.25, 0.3) is 22.3 Å². The zero-order valence-corrected chi connectivity index (χ0v) is 18.9. The van der Waals surface area contributed by atoms with Gasteiger partial charge in [-0.1, -0.05) is 54.6 Å². The number of nitrogens with zero attached hydrogens (tertiary/aromatic N) is 2. The van der Waals surface area contributed by atoms with Gasteiger partial charge in [0.1, 0.15) is 5.82 Å². The molecule has 0 saturated heterocycles. The number of hydrogen-bond acceptors (Lipinski definition) is 4. The maximum Gasteiger partial charge on any atom is 0.275 e. The molecule has 1 aromatic heterocycles. The van der Waals surface area contributed by atoms with E-state index in [1.807, 2.05) is 30.3 Å². The molecule has 0 bridgehead atoms. The Bertz CT molecular complexity index is 1410. The van der Waals surface area contributed by atoms with Gasteiger partial charge in [-0.2, -0.15) is 5.10 Å². The van der Waals surface area contributed by atoms with E-state index >= 15 is 0 Å². The van der Waals surface area contributed by atoms with Crippen LogP contribution in [0.15, 0.2) is 94.7 Å². The Balaban J connectivity index is 1.73. The summed E-state index contributed by atoms with van der Waals surface area (Å²) < 4.78 is 38.6. The van der Waals surface area contributed by atoms with E-state index in [9.17, 15) is 17.6 Å². The lowest BCUT2D eigenvalue weighted by molar-refractivity contribution is 0.550. The van der Waals surface area contributed by atoms with Crippen LogP contribution in [-0.4, -0.2) is 24.5 Å². The lowest BCUT2D eigenvalue weighted by Gasteiger charge is -2.13. The van der Waals surface area contributed by atoms with Gasteiger partial charge in [0, 0.05) is 18.4 Å². The summed E-state index contributed by atoms with van der Waals surface area (Å²) in [6.07, 6.45) is 4.31. The Hall–Kier alpha value is -3.58. The minimum Gasteiger partial charge on any atom is -0.267 e. The topological polar surface area (TPSA) is 69.0 Å². The summed E-state index contributed by atoms with van der Waals surface area (Å²) in [7, 11) is -3.34. The minimum absolute atomic E-state index is 0.191. The average molecular weight is 463 g/mol. The molecule has 0 amide bonds. The second-order valence-electron chi connectivity index (χ2n) is 7.85. The molecule has 168 valence electrons. The van der Waals surface area contributed by atoms with Crippen LogP contribution in [0.5, 0.6) is 0 Å². The van der Waals surface area contributed by atoms with Crippen molar-refractivity contribution >= 4 is 9.84 Å². The first-order chi connectivity index (χ1) is 15.8. The monoisotopic (exact) mass is 462 g/mol. The van der Waals surface area contributed by atoms with Gasteiger partial charge >= 0.3 is 0 Å². The molecule has 0 unspecified atom stereocenters. The number of sulfone groups is 1. The number of rotatable bonds is 7. The zero-order chi connectivity index (χ0) is 23.4. The largest absolute Gasteiger partial charge is 0.275 e. The average Bonchev–Trinajstić information content (AvgIpc) is 2.81. The summed E-state index contributed by atoms with van der Waals surface area (Å²) >= 11 is 0.